The van der Waals surface area contributed by atoms with E-state index >= 15 is 0 Å². The first-order chi connectivity index (χ1) is 6.58. The summed E-state index contributed by atoms with van der Waals surface area (Å²) in [6, 6.07) is 1.98. The van der Waals surface area contributed by atoms with Gasteiger partial charge in [-0.3, -0.25) is 4.79 Å². The molecule has 4 heteroatoms. The fraction of sp³-hybridized carbons (Fsp3) is 0.800. The van der Waals surface area contributed by atoms with Gasteiger partial charge in [0.1, 0.15) is 0 Å². The van der Waals surface area contributed by atoms with E-state index in [0.717, 1.165) is 19.4 Å². The van der Waals surface area contributed by atoms with Crippen LogP contribution in [0, 0.1) is 11.3 Å². The average Bonchev–Trinajstić information content (AvgIpc) is 2.54. The number of carbonyl (C=O) groups excluding carboxylic acids is 1. The highest BCUT2D eigenvalue weighted by Crippen LogP contribution is 2.18. The molecule has 14 heavy (non-hydrogen) atoms. The van der Waals surface area contributed by atoms with Gasteiger partial charge in [-0.1, -0.05) is 0 Å². The van der Waals surface area contributed by atoms with E-state index in [1.807, 2.05) is 19.9 Å². The Kier molecular flexibility index (Phi) is 3.48. The van der Waals surface area contributed by atoms with Crippen LogP contribution in [0.1, 0.15) is 33.1 Å². The summed E-state index contributed by atoms with van der Waals surface area (Å²) < 4.78 is 0. The van der Waals surface area contributed by atoms with Gasteiger partial charge in [0, 0.05) is 6.04 Å². The smallest absolute Gasteiger partial charge is 0.240 e. The van der Waals surface area contributed by atoms with Gasteiger partial charge in [0.15, 0.2) is 0 Å². The van der Waals surface area contributed by atoms with Crippen molar-refractivity contribution in [1.82, 2.24) is 10.6 Å². The second kappa shape index (κ2) is 4.43. The van der Waals surface area contributed by atoms with Gasteiger partial charge >= 0.3 is 0 Å². The van der Waals surface area contributed by atoms with Crippen LogP contribution >= 0.6 is 0 Å². The van der Waals surface area contributed by atoms with Gasteiger partial charge in [0.2, 0.25) is 5.91 Å². The van der Waals surface area contributed by atoms with Crippen LogP contribution in [0.2, 0.25) is 0 Å². The summed E-state index contributed by atoms with van der Waals surface area (Å²) in [6.07, 6.45) is 2.27. The molecule has 2 N–H and O–H groups in total. The van der Waals surface area contributed by atoms with Crippen molar-refractivity contribution >= 4 is 5.91 Å². The van der Waals surface area contributed by atoms with Gasteiger partial charge in [-0.05, 0) is 33.2 Å². The Bertz CT molecular complexity index is 251. The third-order valence-corrected chi connectivity index (χ3v) is 2.64. The maximum atomic E-state index is 11.8. The molecule has 0 aromatic carbocycles. The molecule has 1 rings (SSSR count). The van der Waals surface area contributed by atoms with Gasteiger partial charge < -0.3 is 10.6 Å². The number of rotatable bonds is 3. The molecule has 1 fully saturated rings. The summed E-state index contributed by atoms with van der Waals surface area (Å²) in [7, 11) is 0. The molecule has 0 bridgehead atoms. The Morgan fingerprint density at radius 1 is 1.79 bits per heavy atom. The predicted molar refractivity (Wildman–Crippen MR) is 53.5 cm³/mol. The molecular weight excluding hydrogens is 178 g/mol. The Labute approximate surface area is 84.7 Å². The standard InChI is InChI=1S/C10H17N3O/c1-8(4-6-11)13-9(14)10(2)5-3-7-12-10/h8,12H,3-5,7H2,1-2H3,(H,13,14). The molecule has 0 saturated carbocycles. The lowest BCUT2D eigenvalue weighted by atomic mass is 9.99. The van der Waals surface area contributed by atoms with Gasteiger partial charge in [0.25, 0.3) is 0 Å². The minimum atomic E-state index is -0.427. The lowest BCUT2D eigenvalue weighted by molar-refractivity contribution is -0.127. The summed E-state index contributed by atoms with van der Waals surface area (Å²) in [6.45, 7) is 4.66. The fourth-order valence-electron chi connectivity index (χ4n) is 1.66. The molecule has 2 unspecified atom stereocenters. The second-order valence-electron chi connectivity index (χ2n) is 4.10. The molecule has 1 aliphatic heterocycles. The number of hydrogen-bond acceptors (Lipinski definition) is 3. The number of nitrogens with zero attached hydrogens (tertiary/aromatic N) is 1. The van der Waals surface area contributed by atoms with Gasteiger partial charge in [-0.2, -0.15) is 5.26 Å². The van der Waals surface area contributed by atoms with E-state index in [1.54, 1.807) is 0 Å². The van der Waals surface area contributed by atoms with Crippen LogP contribution in [0.5, 0.6) is 0 Å². The molecule has 1 aliphatic rings. The van der Waals surface area contributed by atoms with Crippen molar-refractivity contribution in [2.45, 2.75) is 44.7 Å². The SMILES string of the molecule is CC(CC#N)NC(=O)C1(C)CCCN1. The summed E-state index contributed by atoms with van der Waals surface area (Å²) >= 11 is 0. The third kappa shape index (κ3) is 2.46. The third-order valence-electron chi connectivity index (χ3n) is 2.64. The highest BCUT2D eigenvalue weighted by atomic mass is 16.2. The van der Waals surface area contributed by atoms with Crippen molar-refractivity contribution < 1.29 is 4.79 Å². The fourth-order valence-corrected chi connectivity index (χ4v) is 1.66. The largest absolute Gasteiger partial charge is 0.351 e. The van der Waals surface area contributed by atoms with Crippen molar-refractivity contribution in [3.8, 4) is 6.07 Å². The van der Waals surface area contributed by atoms with Crippen LogP contribution < -0.4 is 10.6 Å². The van der Waals surface area contributed by atoms with Gasteiger partial charge in [-0.25, -0.2) is 0 Å². The van der Waals surface area contributed by atoms with Crippen molar-refractivity contribution in [3.05, 3.63) is 0 Å². The first kappa shape index (κ1) is 11.0. The molecule has 78 valence electrons. The maximum Gasteiger partial charge on any atom is 0.240 e. The van der Waals surface area contributed by atoms with E-state index < -0.39 is 5.54 Å². The lowest BCUT2D eigenvalue weighted by Gasteiger charge is -2.24. The molecule has 1 amide bonds. The number of carbonyl (C=O) groups is 1. The summed E-state index contributed by atoms with van der Waals surface area (Å²) in [5, 5.41) is 14.5. The van der Waals surface area contributed by atoms with E-state index in [1.165, 1.54) is 0 Å². The van der Waals surface area contributed by atoms with Crippen LogP contribution in [0.25, 0.3) is 0 Å². The van der Waals surface area contributed by atoms with E-state index in [4.69, 9.17) is 5.26 Å². The van der Waals surface area contributed by atoms with Crippen LogP contribution in [0.3, 0.4) is 0 Å². The summed E-state index contributed by atoms with van der Waals surface area (Å²) in [5.74, 6) is 0.0118. The first-order valence-electron chi connectivity index (χ1n) is 5.01. The molecule has 0 radical (unpaired) electrons. The lowest BCUT2D eigenvalue weighted by Crippen LogP contribution is -2.53. The van der Waals surface area contributed by atoms with Gasteiger partial charge in [0.05, 0.1) is 18.0 Å². The number of nitrogens with one attached hydrogen (secondary N) is 2. The molecule has 2 atom stereocenters. The maximum absolute atomic E-state index is 11.8. The van der Waals surface area contributed by atoms with Crippen molar-refractivity contribution in [2.24, 2.45) is 0 Å². The Hall–Kier alpha value is -1.08. The minimum absolute atomic E-state index is 0.0118. The van der Waals surface area contributed by atoms with Gasteiger partial charge in [-0.15, -0.1) is 0 Å². The topological polar surface area (TPSA) is 64.9 Å². The molecule has 0 aromatic heterocycles. The summed E-state index contributed by atoms with van der Waals surface area (Å²) in [5.41, 5.74) is -0.427. The predicted octanol–water partition coefficient (Wildman–Crippen LogP) is 0.547. The molecule has 0 aliphatic carbocycles. The van der Waals surface area contributed by atoms with Crippen molar-refractivity contribution in [2.75, 3.05) is 6.54 Å². The highest BCUT2D eigenvalue weighted by molar-refractivity contribution is 5.86. The van der Waals surface area contributed by atoms with Crippen LogP contribution in [-0.2, 0) is 4.79 Å². The first-order valence-corrected chi connectivity index (χ1v) is 5.01. The number of amides is 1. The Morgan fingerprint density at radius 2 is 2.50 bits per heavy atom. The quantitative estimate of drug-likeness (QED) is 0.691. The minimum Gasteiger partial charge on any atom is -0.351 e. The van der Waals surface area contributed by atoms with Crippen molar-refractivity contribution in [1.29, 1.82) is 5.26 Å². The second-order valence-corrected chi connectivity index (χ2v) is 4.10. The average molecular weight is 195 g/mol. The summed E-state index contributed by atoms with van der Waals surface area (Å²) in [4.78, 5) is 11.8. The van der Waals surface area contributed by atoms with E-state index in [2.05, 4.69) is 10.6 Å². The number of hydrogen-bond donors (Lipinski definition) is 2. The molecule has 1 saturated heterocycles. The molecule has 0 aromatic rings. The van der Waals surface area contributed by atoms with E-state index in [0.29, 0.717) is 6.42 Å². The van der Waals surface area contributed by atoms with E-state index in [9.17, 15) is 4.79 Å². The monoisotopic (exact) mass is 195 g/mol. The Morgan fingerprint density at radius 3 is 3.00 bits per heavy atom. The van der Waals surface area contributed by atoms with E-state index in [-0.39, 0.29) is 11.9 Å². The zero-order valence-corrected chi connectivity index (χ0v) is 8.76. The molecule has 1 heterocycles. The molecule has 4 nitrogen and oxygen atoms in total. The Balaban J connectivity index is 2.45. The molecular formula is C10H17N3O. The van der Waals surface area contributed by atoms with Crippen LogP contribution in [0.4, 0.5) is 0 Å². The molecule has 0 spiro atoms. The van der Waals surface area contributed by atoms with Crippen LogP contribution in [0.15, 0.2) is 0 Å². The highest BCUT2D eigenvalue weighted by Gasteiger charge is 2.36. The van der Waals surface area contributed by atoms with Crippen molar-refractivity contribution in [3.63, 3.8) is 0 Å². The normalized spacial score (nSPS) is 28.1. The van der Waals surface area contributed by atoms with Crippen LogP contribution in [-0.4, -0.2) is 24.0 Å². The zero-order chi connectivity index (χ0) is 10.6. The number of nitriles is 1. The zero-order valence-electron chi connectivity index (χ0n) is 8.76.